The highest BCUT2D eigenvalue weighted by Gasteiger charge is 2.28. The van der Waals surface area contributed by atoms with Gasteiger partial charge in [0.1, 0.15) is 5.56 Å². The van der Waals surface area contributed by atoms with Crippen molar-refractivity contribution in [2.45, 2.75) is 12.6 Å². The molecule has 0 saturated heterocycles. The molecule has 5 nitrogen and oxygen atoms in total. The third-order valence-electron chi connectivity index (χ3n) is 2.58. The standard InChI is InChI=1S/C13H11F3N2O3/c14-13(15,16)6-7-21-11-10(12(19)20)8-17-18(11)9-4-2-1-3-5-9/h1-5,8H,6-7H2,(H,19,20). The minimum Gasteiger partial charge on any atom is -0.477 e. The molecule has 2 aromatic rings. The highest BCUT2D eigenvalue weighted by atomic mass is 19.4. The predicted molar refractivity (Wildman–Crippen MR) is 66.7 cm³/mol. The Morgan fingerprint density at radius 1 is 1.29 bits per heavy atom. The van der Waals surface area contributed by atoms with Crippen LogP contribution in [0.25, 0.3) is 5.69 Å². The highest BCUT2D eigenvalue weighted by Crippen LogP contribution is 2.25. The van der Waals surface area contributed by atoms with Crippen LogP contribution >= 0.6 is 0 Å². The van der Waals surface area contributed by atoms with E-state index in [1.54, 1.807) is 30.3 Å². The number of hydrogen-bond acceptors (Lipinski definition) is 3. The maximum Gasteiger partial charge on any atom is 0.392 e. The number of hydrogen-bond donors (Lipinski definition) is 1. The normalized spacial score (nSPS) is 11.4. The van der Waals surface area contributed by atoms with Crippen molar-refractivity contribution in [3.05, 3.63) is 42.1 Å². The fraction of sp³-hybridized carbons (Fsp3) is 0.231. The molecule has 1 aromatic carbocycles. The molecule has 1 aromatic heterocycles. The van der Waals surface area contributed by atoms with Gasteiger partial charge in [0.25, 0.3) is 0 Å². The molecular formula is C13H11F3N2O3. The third kappa shape index (κ3) is 3.74. The Morgan fingerprint density at radius 3 is 2.52 bits per heavy atom. The Labute approximate surface area is 117 Å². The van der Waals surface area contributed by atoms with Crippen molar-refractivity contribution in [3.8, 4) is 11.6 Å². The van der Waals surface area contributed by atoms with E-state index in [1.807, 2.05) is 0 Å². The highest BCUT2D eigenvalue weighted by molar-refractivity contribution is 5.90. The number of rotatable bonds is 5. The lowest BCUT2D eigenvalue weighted by Gasteiger charge is -2.11. The van der Waals surface area contributed by atoms with E-state index >= 15 is 0 Å². The molecule has 1 N–H and O–H groups in total. The summed E-state index contributed by atoms with van der Waals surface area (Å²) in [4.78, 5) is 11.1. The molecule has 2 rings (SSSR count). The first kappa shape index (κ1) is 14.9. The lowest BCUT2D eigenvalue weighted by Crippen LogP contribution is -2.15. The number of para-hydroxylation sites is 1. The van der Waals surface area contributed by atoms with Crippen LogP contribution in [0.15, 0.2) is 36.5 Å². The summed E-state index contributed by atoms with van der Waals surface area (Å²) < 4.78 is 42.6. The van der Waals surface area contributed by atoms with Crippen LogP contribution in [0.1, 0.15) is 16.8 Å². The Balaban J connectivity index is 2.28. The van der Waals surface area contributed by atoms with Crippen molar-refractivity contribution < 1.29 is 27.8 Å². The van der Waals surface area contributed by atoms with Crippen molar-refractivity contribution in [3.63, 3.8) is 0 Å². The number of aromatic nitrogens is 2. The van der Waals surface area contributed by atoms with Gasteiger partial charge in [0, 0.05) is 0 Å². The Morgan fingerprint density at radius 2 is 1.95 bits per heavy atom. The predicted octanol–water partition coefficient (Wildman–Crippen LogP) is 2.90. The number of alkyl halides is 3. The van der Waals surface area contributed by atoms with Crippen LogP contribution in [-0.2, 0) is 0 Å². The van der Waals surface area contributed by atoms with Gasteiger partial charge in [-0.05, 0) is 12.1 Å². The minimum absolute atomic E-state index is 0.224. The number of nitrogens with zero attached hydrogens (tertiary/aromatic N) is 2. The summed E-state index contributed by atoms with van der Waals surface area (Å²) >= 11 is 0. The zero-order chi connectivity index (χ0) is 15.5. The monoisotopic (exact) mass is 300 g/mol. The lowest BCUT2D eigenvalue weighted by molar-refractivity contribution is -0.139. The zero-order valence-electron chi connectivity index (χ0n) is 10.7. The molecule has 0 atom stereocenters. The summed E-state index contributed by atoms with van der Waals surface area (Å²) in [6.07, 6.45) is -4.51. The smallest absolute Gasteiger partial charge is 0.392 e. The number of ether oxygens (including phenoxy) is 1. The van der Waals surface area contributed by atoms with Crippen LogP contribution in [-0.4, -0.2) is 33.6 Å². The largest absolute Gasteiger partial charge is 0.477 e. The molecule has 21 heavy (non-hydrogen) atoms. The number of carboxylic acids is 1. The summed E-state index contributed by atoms with van der Waals surface area (Å²) in [6, 6.07) is 8.40. The first-order valence-corrected chi connectivity index (χ1v) is 5.95. The lowest BCUT2D eigenvalue weighted by atomic mass is 10.3. The maximum absolute atomic E-state index is 12.1. The molecule has 0 unspecified atom stereocenters. The molecule has 0 bridgehead atoms. The fourth-order valence-electron chi connectivity index (χ4n) is 1.64. The Bertz CT molecular complexity index is 623. The molecule has 0 amide bonds. The summed E-state index contributed by atoms with van der Waals surface area (Å²) in [7, 11) is 0. The second-order valence-electron chi connectivity index (χ2n) is 4.13. The minimum atomic E-state index is -4.37. The zero-order valence-corrected chi connectivity index (χ0v) is 10.7. The second-order valence-corrected chi connectivity index (χ2v) is 4.13. The van der Waals surface area contributed by atoms with E-state index in [1.165, 1.54) is 0 Å². The van der Waals surface area contributed by atoms with Crippen LogP contribution < -0.4 is 4.74 Å². The first-order chi connectivity index (χ1) is 9.88. The van der Waals surface area contributed by atoms with Gasteiger partial charge in [-0.1, -0.05) is 18.2 Å². The van der Waals surface area contributed by atoms with E-state index in [0.717, 1.165) is 10.9 Å². The number of carbonyl (C=O) groups is 1. The SMILES string of the molecule is O=C(O)c1cnn(-c2ccccc2)c1OCCC(F)(F)F. The van der Waals surface area contributed by atoms with E-state index in [0.29, 0.717) is 5.69 Å². The van der Waals surface area contributed by atoms with Crippen LogP contribution in [0.3, 0.4) is 0 Å². The van der Waals surface area contributed by atoms with Crippen molar-refractivity contribution in [1.82, 2.24) is 9.78 Å². The summed E-state index contributed by atoms with van der Waals surface area (Å²) in [6.45, 7) is -0.678. The van der Waals surface area contributed by atoms with Gasteiger partial charge >= 0.3 is 12.1 Å². The average Bonchev–Trinajstić information content (AvgIpc) is 2.82. The summed E-state index contributed by atoms with van der Waals surface area (Å²) in [5, 5.41) is 12.9. The second kappa shape index (κ2) is 5.86. The van der Waals surface area contributed by atoms with Gasteiger partial charge < -0.3 is 9.84 Å². The number of halogens is 3. The molecule has 112 valence electrons. The van der Waals surface area contributed by atoms with Gasteiger partial charge in [-0.15, -0.1) is 0 Å². The first-order valence-electron chi connectivity index (χ1n) is 5.95. The van der Waals surface area contributed by atoms with Crippen molar-refractivity contribution in [2.24, 2.45) is 0 Å². The fourth-order valence-corrected chi connectivity index (χ4v) is 1.64. The van der Waals surface area contributed by atoms with E-state index in [9.17, 15) is 18.0 Å². The van der Waals surface area contributed by atoms with Gasteiger partial charge in [-0.2, -0.15) is 18.3 Å². The van der Waals surface area contributed by atoms with E-state index in [-0.39, 0.29) is 11.4 Å². The number of benzene rings is 1. The van der Waals surface area contributed by atoms with Gasteiger partial charge in [-0.3, -0.25) is 0 Å². The van der Waals surface area contributed by atoms with Crippen LogP contribution in [0.2, 0.25) is 0 Å². The van der Waals surface area contributed by atoms with Crippen LogP contribution in [0.5, 0.6) is 5.88 Å². The van der Waals surface area contributed by atoms with Gasteiger partial charge in [0.2, 0.25) is 5.88 Å². The number of aromatic carboxylic acids is 1. The van der Waals surface area contributed by atoms with Gasteiger partial charge in [-0.25, -0.2) is 9.48 Å². The Hall–Kier alpha value is -2.51. The molecule has 0 spiro atoms. The summed E-state index contributed by atoms with van der Waals surface area (Å²) in [5.41, 5.74) is 0.202. The van der Waals surface area contributed by atoms with E-state index in [4.69, 9.17) is 9.84 Å². The molecule has 1 heterocycles. The van der Waals surface area contributed by atoms with Crippen molar-refractivity contribution in [2.75, 3.05) is 6.61 Å². The molecule has 0 aliphatic heterocycles. The molecule has 0 aliphatic carbocycles. The van der Waals surface area contributed by atoms with E-state index in [2.05, 4.69) is 5.10 Å². The average molecular weight is 300 g/mol. The van der Waals surface area contributed by atoms with Crippen LogP contribution in [0.4, 0.5) is 13.2 Å². The maximum atomic E-state index is 12.1. The molecule has 0 radical (unpaired) electrons. The van der Waals surface area contributed by atoms with Gasteiger partial charge in [0.15, 0.2) is 0 Å². The molecule has 0 aliphatic rings. The molecular weight excluding hydrogens is 289 g/mol. The quantitative estimate of drug-likeness (QED) is 0.922. The van der Waals surface area contributed by atoms with Crippen molar-refractivity contribution >= 4 is 5.97 Å². The summed E-state index contributed by atoms with van der Waals surface area (Å²) in [5.74, 6) is -1.54. The molecule has 0 fully saturated rings. The number of carboxylic acid groups (broad SMARTS) is 1. The van der Waals surface area contributed by atoms with Gasteiger partial charge in [0.05, 0.1) is 24.9 Å². The third-order valence-corrected chi connectivity index (χ3v) is 2.58. The Kier molecular flexibility index (Phi) is 4.15. The molecule has 0 saturated carbocycles. The molecule has 8 heteroatoms. The van der Waals surface area contributed by atoms with Crippen molar-refractivity contribution in [1.29, 1.82) is 0 Å². The van der Waals surface area contributed by atoms with Crippen LogP contribution in [0, 0.1) is 0 Å². The topological polar surface area (TPSA) is 64.3 Å². The van der Waals surface area contributed by atoms with E-state index < -0.39 is 25.2 Å².